The summed E-state index contributed by atoms with van der Waals surface area (Å²) in [7, 11) is 0. The number of aliphatic hydroxyl groups is 1. The van der Waals surface area contributed by atoms with Crippen LogP contribution >= 0.6 is 11.3 Å². The third kappa shape index (κ3) is 7.94. The van der Waals surface area contributed by atoms with Gasteiger partial charge in [-0.25, -0.2) is 14.6 Å². The number of carboxylic acid groups (broad SMARTS) is 1. The summed E-state index contributed by atoms with van der Waals surface area (Å²) >= 11 is 0.972. The molecule has 0 aliphatic carbocycles. The van der Waals surface area contributed by atoms with E-state index in [1.165, 1.54) is 26.2 Å². The number of rotatable bonds is 10. The normalized spacial score (nSPS) is 14.2. The van der Waals surface area contributed by atoms with E-state index in [4.69, 9.17) is 9.57 Å². The molecule has 1 rings (SSSR count). The molecule has 12 nitrogen and oxygen atoms in total. The Balaban J connectivity index is 3.25. The third-order valence-electron chi connectivity index (χ3n) is 3.43. The van der Waals surface area contributed by atoms with Crippen molar-refractivity contribution in [3.8, 4) is 0 Å². The van der Waals surface area contributed by atoms with Gasteiger partial charge in [-0.2, -0.15) is 0 Å². The molecular weight excluding hydrogens is 432 g/mol. The number of anilines is 1. The lowest BCUT2D eigenvalue weighted by molar-refractivity contribution is -0.179. The van der Waals surface area contributed by atoms with E-state index in [0.29, 0.717) is 6.41 Å². The van der Waals surface area contributed by atoms with E-state index >= 15 is 0 Å². The Hall–Kier alpha value is -3.06. The molecule has 0 fully saturated rings. The fourth-order valence-electron chi connectivity index (χ4n) is 1.90. The Bertz CT molecular complexity index is 857. The average molecular weight is 458 g/mol. The summed E-state index contributed by atoms with van der Waals surface area (Å²) in [5.41, 5.74) is -2.92. The molecule has 13 heteroatoms. The zero-order chi connectivity index (χ0) is 24.0. The van der Waals surface area contributed by atoms with Crippen LogP contribution in [0.15, 0.2) is 10.5 Å². The predicted molar refractivity (Wildman–Crippen MR) is 111 cm³/mol. The van der Waals surface area contributed by atoms with Gasteiger partial charge < -0.3 is 30.4 Å². The highest BCUT2D eigenvalue weighted by Crippen LogP contribution is 2.20. The molecule has 0 bridgehead atoms. The summed E-state index contributed by atoms with van der Waals surface area (Å²) in [5.74, 6) is -3.26. The molecule has 1 aromatic heterocycles. The zero-order valence-corrected chi connectivity index (χ0v) is 18.8. The number of amides is 2. The van der Waals surface area contributed by atoms with E-state index in [-0.39, 0.29) is 10.8 Å². The second-order valence-corrected chi connectivity index (χ2v) is 8.73. The van der Waals surface area contributed by atoms with E-state index in [0.717, 1.165) is 11.3 Å². The quantitative estimate of drug-likeness (QED) is 0.168. The minimum atomic E-state index is -1.64. The maximum atomic E-state index is 12.7. The van der Waals surface area contributed by atoms with Gasteiger partial charge in [0.1, 0.15) is 11.3 Å². The van der Waals surface area contributed by atoms with Crippen LogP contribution in [-0.4, -0.2) is 68.5 Å². The van der Waals surface area contributed by atoms with Gasteiger partial charge in [0.05, 0.1) is 6.10 Å². The molecule has 2 atom stereocenters. The molecule has 1 aromatic rings. The smallest absolute Gasteiger partial charge is 0.353 e. The Morgan fingerprint density at radius 1 is 1.26 bits per heavy atom. The number of carbonyl (C=O) groups is 4. The molecule has 0 spiro atoms. The highest BCUT2D eigenvalue weighted by atomic mass is 32.1. The monoisotopic (exact) mass is 458 g/mol. The van der Waals surface area contributed by atoms with Crippen LogP contribution in [0.2, 0.25) is 0 Å². The van der Waals surface area contributed by atoms with Crippen LogP contribution in [0.5, 0.6) is 0 Å². The number of thiazole rings is 1. The Kier molecular flexibility index (Phi) is 8.64. The molecule has 172 valence electrons. The second-order valence-electron chi connectivity index (χ2n) is 7.87. The standard InChI is InChI=1S/C18H26N4O8S/c1-9(24)11(14(26)27)21-13(25)12(10-7-31-16(20-10)19-8-23)22-30-18(5,6)15(28)29-17(2,3)4/h7-9,11,24H,1-6H3,(H,21,25)(H,26,27)(H,19,20,23)/t9-,11+/m1/s1. The highest BCUT2D eigenvalue weighted by Gasteiger charge is 2.36. The van der Waals surface area contributed by atoms with Crippen LogP contribution < -0.4 is 10.6 Å². The van der Waals surface area contributed by atoms with E-state index in [1.54, 1.807) is 20.8 Å². The van der Waals surface area contributed by atoms with Crippen molar-refractivity contribution in [2.24, 2.45) is 5.16 Å². The highest BCUT2D eigenvalue weighted by molar-refractivity contribution is 7.14. The number of carboxylic acids is 1. The van der Waals surface area contributed by atoms with Gasteiger partial charge in [0.25, 0.3) is 5.91 Å². The van der Waals surface area contributed by atoms with E-state index in [1.807, 2.05) is 0 Å². The Morgan fingerprint density at radius 3 is 2.35 bits per heavy atom. The molecule has 31 heavy (non-hydrogen) atoms. The van der Waals surface area contributed by atoms with Crippen LogP contribution in [0, 0.1) is 0 Å². The Morgan fingerprint density at radius 2 is 1.87 bits per heavy atom. The van der Waals surface area contributed by atoms with Crippen molar-refractivity contribution in [3.05, 3.63) is 11.1 Å². The summed E-state index contributed by atoms with van der Waals surface area (Å²) in [6.45, 7) is 8.94. The molecule has 0 radical (unpaired) electrons. The molecule has 0 unspecified atom stereocenters. The maximum Gasteiger partial charge on any atom is 0.353 e. The number of hydrogen-bond donors (Lipinski definition) is 4. The average Bonchev–Trinajstić information content (AvgIpc) is 3.06. The van der Waals surface area contributed by atoms with Crippen LogP contribution in [0.3, 0.4) is 0 Å². The van der Waals surface area contributed by atoms with Gasteiger partial charge in [0.15, 0.2) is 16.9 Å². The molecule has 4 N–H and O–H groups in total. The molecule has 1 heterocycles. The van der Waals surface area contributed by atoms with Crippen LogP contribution in [0.25, 0.3) is 0 Å². The first-order chi connectivity index (χ1) is 14.2. The van der Waals surface area contributed by atoms with Crippen molar-refractivity contribution in [2.45, 2.75) is 64.9 Å². The van der Waals surface area contributed by atoms with Crippen molar-refractivity contribution in [1.82, 2.24) is 10.3 Å². The van der Waals surface area contributed by atoms with Gasteiger partial charge in [0.2, 0.25) is 12.0 Å². The number of oxime groups is 1. The fourth-order valence-corrected chi connectivity index (χ4v) is 2.55. The number of esters is 1. The molecule has 0 aliphatic heterocycles. The first kappa shape index (κ1) is 26.0. The van der Waals surface area contributed by atoms with Gasteiger partial charge in [-0.15, -0.1) is 11.3 Å². The van der Waals surface area contributed by atoms with Crippen molar-refractivity contribution < 1.29 is 39.0 Å². The van der Waals surface area contributed by atoms with Crippen molar-refractivity contribution >= 4 is 46.4 Å². The van der Waals surface area contributed by atoms with Crippen LogP contribution in [0.1, 0.15) is 47.2 Å². The number of hydrogen-bond acceptors (Lipinski definition) is 10. The first-order valence-corrected chi connectivity index (χ1v) is 9.93. The van der Waals surface area contributed by atoms with Gasteiger partial charge in [-0.3, -0.25) is 9.59 Å². The molecular formula is C18H26N4O8S. The summed E-state index contributed by atoms with van der Waals surface area (Å²) in [6, 6.07) is -1.64. The number of aliphatic hydroxyl groups excluding tert-OH is 1. The first-order valence-electron chi connectivity index (χ1n) is 9.05. The van der Waals surface area contributed by atoms with Crippen molar-refractivity contribution in [2.75, 3.05) is 5.32 Å². The largest absolute Gasteiger partial charge is 0.480 e. The van der Waals surface area contributed by atoms with Crippen LogP contribution in [0.4, 0.5) is 5.13 Å². The lowest BCUT2D eigenvalue weighted by Crippen LogP contribution is -2.50. The fraction of sp³-hybridized carbons (Fsp3) is 0.556. The van der Waals surface area contributed by atoms with Gasteiger partial charge in [-0.05, 0) is 41.5 Å². The number of nitrogens with zero attached hydrogens (tertiary/aromatic N) is 2. The van der Waals surface area contributed by atoms with E-state index < -0.39 is 46.9 Å². The minimum Gasteiger partial charge on any atom is -0.480 e. The van der Waals surface area contributed by atoms with E-state index in [2.05, 4.69) is 20.8 Å². The summed E-state index contributed by atoms with van der Waals surface area (Å²) in [5, 5.41) is 28.4. The molecule has 2 amide bonds. The molecule has 0 aliphatic rings. The van der Waals surface area contributed by atoms with Crippen LogP contribution in [-0.2, 0) is 28.8 Å². The predicted octanol–water partition coefficient (Wildman–Crippen LogP) is 0.503. The number of ether oxygens (including phenoxy) is 1. The Labute approximate surface area is 182 Å². The molecule has 0 saturated heterocycles. The maximum absolute atomic E-state index is 12.7. The number of carbonyl (C=O) groups excluding carboxylic acids is 3. The summed E-state index contributed by atoms with van der Waals surface area (Å²) in [6.07, 6.45) is -1.03. The van der Waals surface area contributed by atoms with Gasteiger partial charge >= 0.3 is 11.9 Å². The minimum absolute atomic E-state index is 0.0541. The SMILES string of the molecule is C[C@@H](O)[C@H](NC(=O)C(=NOC(C)(C)C(=O)OC(C)(C)C)c1csc(NC=O)n1)C(=O)O. The lowest BCUT2D eigenvalue weighted by atomic mass is 10.1. The second kappa shape index (κ2) is 10.3. The van der Waals surface area contributed by atoms with Crippen molar-refractivity contribution in [1.29, 1.82) is 0 Å². The number of nitrogens with one attached hydrogen (secondary N) is 2. The van der Waals surface area contributed by atoms with E-state index in [9.17, 15) is 29.4 Å². The van der Waals surface area contributed by atoms with Gasteiger partial charge in [-0.1, -0.05) is 5.16 Å². The molecule has 0 saturated carbocycles. The summed E-state index contributed by atoms with van der Waals surface area (Å²) < 4.78 is 5.26. The lowest BCUT2D eigenvalue weighted by Gasteiger charge is -2.27. The molecule has 0 aromatic carbocycles. The number of aliphatic carboxylic acids is 1. The topological polar surface area (TPSA) is 177 Å². The van der Waals surface area contributed by atoms with Crippen molar-refractivity contribution in [3.63, 3.8) is 0 Å². The zero-order valence-electron chi connectivity index (χ0n) is 18.0. The number of aromatic nitrogens is 1. The van der Waals surface area contributed by atoms with Gasteiger partial charge in [0, 0.05) is 5.38 Å². The summed E-state index contributed by atoms with van der Waals surface area (Å²) in [4.78, 5) is 56.2. The third-order valence-corrected chi connectivity index (χ3v) is 4.21.